The van der Waals surface area contributed by atoms with Gasteiger partial charge >= 0.3 is 0 Å². The van der Waals surface area contributed by atoms with E-state index >= 15 is 0 Å². The fourth-order valence-corrected chi connectivity index (χ4v) is 1.17. The Bertz CT molecular complexity index is 338. The van der Waals surface area contributed by atoms with Crippen LogP contribution in [0.25, 0.3) is 0 Å². The number of fused-ring (bicyclic) bond motifs is 1. The van der Waals surface area contributed by atoms with Crippen molar-refractivity contribution in [2.45, 2.75) is 6.17 Å². The molecule has 1 aliphatic heterocycles. The molecule has 6 nitrogen and oxygen atoms in total. The number of nitrogens with one attached hydrogen (secondary N) is 1. The van der Waals surface area contributed by atoms with Crippen molar-refractivity contribution in [3.63, 3.8) is 0 Å². The molecular formula is C6H10N6. The van der Waals surface area contributed by atoms with Crippen LogP contribution in [0.1, 0.15) is 11.9 Å². The molecule has 0 bridgehead atoms. The topological polar surface area (TPSA) is 94.2 Å². The van der Waals surface area contributed by atoms with E-state index in [9.17, 15) is 0 Å². The number of nitrogens with zero attached hydrogens (tertiary/aromatic N) is 3. The zero-order chi connectivity index (χ0) is 8.72. The van der Waals surface area contributed by atoms with Gasteiger partial charge in [0.05, 0.1) is 6.33 Å². The van der Waals surface area contributed by atoms with Crippen LogP contribution in [0, 0.1) is 0 Å². The monoisotopic (exact) mass is 166 g/mol. The van der Waals surface area contributed by atoms with E-state index in [-0.39, 0.29) is 6.17 Å². The molecule has 1 aromatic rings. The van der Waals surface area contributed by atoms with Gasteiger partial charge in [0, 0.05) is 7.05 Å². The summed E-state index contributed by atoms with van der Waals surface area (Å²) in [5.74, 6) is 1.05. The number of nitrogens with two attached hydrogens (primary N) is 2. The highest BCUT2D eigenvalue weighted by molar-refractivity contribution is 5.82. The first-order valence-electron chi connectivity index (χ1n) is 3.56. The van der Waals surface area contributed by atoms with Crippen LogP contribution in [0.5, 0.6) is 0 Å². The van der Waals surface area contributed by atoms with E-state index in [2.05, 4.69) is 15.3 Å². The van der Waals surface area contributed by atoms with Crippen LogP contribution < -0.4 is 16.8 Å². The summed E-state index contributed by atoms with van der Waals surface area (Å²) in [6.45, 7) is 0. The van der Waals surface area contributed by atoms with Crippen molar-refractivity contribution in [1.29, 1.82) is 0 Å². The van der Waals surface area contributed by atoms with Crippen LogP contribution in [-0.4, -0.2) is 15.5 Å². The summed E-state index contributed by atoms with van der Waals surface area (Å²) < 4.78 is 1.78. The van der Waals surface area contributed by atoms with Gasteiger partial charge in [0.2, 0.25) is 0 Å². The van der Waals surface area contributed by atoms with Crippen molar-refractivity contribution >= 4 is 11.8 Å². The average Bonchev–Trinajstić information content (AvgIpc) is 2.33. The lowest BCUT2D eigenvalue weighted by Gasteiger charge is -2.17. The summed E-state index contributed by atoms with van der Waals surface area (Å²) in [6.07, 6.45) is 1.31. The van der Waals surface area contributed by atoms with E-state index in [0.717, 1.165) is 11.5 Å². The predicted molar refractivity (Wildman–Crippen MR) is 44.6 cm³/mol. The Morgan fingerprint density at radius 1 is 1.67 bits per heavy atom. The molecule has 0 aliphatic carbocycles. The SMILES string of the molecule is Cn1cnc2c1N=C(N)NC2N. The fraction of sp³-hybridized carbons (Fsp3) is 0.333. The smallest absolute Gasteiger partial charge is 0.196 e. The molecule has 0 saturated carbocycles. The van der Waals surface area contributed by atoms with Crippen LogP contribution in [0.4, 0.5) is 5.82 Å². The van der Waals surface area contributed by atoms with Gasteiger partial charge in [-0.15, -0.1) is 0 Å². The molecule has 1 aliphatic rings. The minimum absolute atomic E-state index is 0.332. The Morgan fingerprint density at radius 2 is 2.42 bits per heavy atom. The molecule has 2 rings (SSSR count). The Hall–Kier alpha value is -1.56. The molecule has 0 spiro atoms. The van der Waals surface area contributed by atoms with Gasteiger partial charge in [-0.2, -0.15) is 4.99 Å². The minimum atomic E-state index is -0.348. The van der Waals surface area contributed by atoms with Gasteiger partial charge in [0.1, 0.15) is 11.9 Å². The van der Waals surface area contributed by atoms with E-state index in [4.69, 9.17) is 11.5 Å². The van der Waals surface area contributed by atoms with Crippen molar-refractivity contribution in [2.75, 3.05) is 0 Å². The lowest BCUT2D eigenvalue weighted by Crippen LogP contribution is -2.41. The summed E-state index contributed by atoms with van der Waals surface area (Å²) in [4.78, 5) is 8.14. The molecule has 0 saturated heterocycles. The number of imidazole rings is 1. The first-order valence-corrected chi connectivity index (χ1v) is 3.56. The Labute approximate surface area is 69.3 Å². The predicted octanol–water partition coefficient (Wildman–Crippen LogP) is -1.07. The van der Waals surface area contributed by atoms with Crippen LogP contribution in [0.2, 0.25) is 0 Å². The van der Waals surface area contributed by atoms with Gasteiger partial charge in [-0.05, 0) is 0 Å². The third-order valence-electron chi connectivity index (χ3n) is 1.76. The number of aryl methyl sites for hydroxylation is 1. The molecule has 0 radical (unpaired) electrons. The number of aromatic nitrogens is 2. The molecule has 0 amide bonds. The molecule has 0 aromatic carbocycles. The molecule has 1 atom stereocenters. The summed E-state index contributed by atoms with van der Waals surface area (Å²) >= 11 is 0. The minimum Gasteiger partial charge on any atom is -0.370 e. The highest BCUT2D eigenvalue weighted by atomic mass is 15.3. The molecule has 12 heavy (non-hydrogen) atoms. The van der Waals surface area contributed by atoms with Crippen LogP contribution in [-0.2, 0) is 7.05 Å². The number of hydrogen-bond acceptors (Lipinski definition) is 5. The summed E-state index contributed by atoms with van der Waals surface area (Å²) in [5.41, 5.74) is 11.9. The summed E-state index contributed by atoms with van der Waals surface area (Å²) in [6, 6.07) is 0. The van der Waals surface area contributed by atoms with Crippen molar-refractivity contribution in [1.82, 2.24) is 14.9 Å². The lowest BCUT2D eigenvalue weighted by atomic mass is 10.3. The molecule has 6 heteroatoms. The van der Waals surface area contributed by atoms with Crippen molar-refractivity contribution in [3.05, 3.63) is 12.0 Å². The van der Waals surface area contributed by atoms with Crippen molar-refractivity contribution in [3.8, 4) is 0 Å². The zero-order valence-electron chi connectivity index (χ0n) is 6.65. The van der Waals surface area contributed by atoms with E-state index in [1.165, 1.54) is 0 Å². The maximum atomic E-state index is 5.70. The van der Waals surface area contributed by atoms with E-state index in [1.807, 2.05) is 7.05 Å². The van der Waals surface area contributed by atoms with Gasteiger partial charge in [-0.25, -0.2) is 4.98 Å². The largest absolute Gasteiger partial charge is 0.370 e. The van der Waals surface area contributed by atoms with Crippen molar-refractivity contribution < 1.29 is 0 Å². The second-order valence-corrected chi connectivity index (χ2v) is 2.68. The second-order valence-electron chi connectivity index (χ2n) is 2.68. The molecule has 2 heterocycles. The zero-order valence-corrected chi connectivity index (χ0v) is 6.65. The molecular weight excluding hydrogens is 156 g/mol. The molecule has 5 N–H and O–H groups in total. The van der Waals surface area contributed by atoms with Crippen LogP contribution >= 0.6 is 0 Å². The summed E-state index contributed by atoms with van der Waals surface area (Å²) in [5, 5.41) is 2.78. The van der Waals surface area contributed by atoms with E-state index in [1.54, 1.807) is 10.9 Å². The third kappa shape index (κ3) is 0.850. The van der Waals surface area contributed by atoms with Crippen LogP contribution in [0.15, 0.2) is 11.3 Å². The molecule has 1 aromatic heterocycles. The highest BCUT2D eigenvalue weighted by Crippen LogP contribution is 2.23. The first-order chi connectivity index (χ1) is 5.68. The lowest BCUT2D eigenvalue weighted by molar-refractivity contribution is 0.646. The Morgan fingerprint density at radius 3 is 3.17 bits per heavy atom. The van der Waals surface area contributed by atoms with E-state index in [0.29, 0.717) is 5.96 Å². The van der Waals surface area contributed by atoms with Gasteiger partial charge in [-0.1, -0.05) is 0 Å². The normalized spacial score (nSPS) is 21.2. The quantitative estimate of drug-likeness (QED) is 0.457. The Kier molecular flexibility index (Phi) is 1.31. The number of rotatable bonds is 0. The molecule has 0 fully saturated rings. The van der Waals surface area contributed by atoms with E-state index < -0.39 is 0 Å². The number of hydrogen-bond donors (Lipinski definition) is 3. The maximum Gasteiger partial charge on any atom is 0.196 e. The molecule has 64 valence electrons. The average molecular weight is 166 g/mol. The summed E-state index contributed by atoms with van der Waals surface area (Å²) in [7, 11) is 1.85. The second kappa shape index (κ2) is 2.21. The standard InChI is InChI=1S/C6H10N6/c1-12-2-9-3-4(7)10-6(8)11-5(3)12/h2,4H,7H2,1H3,(H3,8,10,11). The highest BCUT2D eigenvalue weighted by Gasteiger charge is 2.20. The number of aliphatic imine (C=N–C) groups is 1. The van der Waals surface area contributed by atoms with Crippen molar-refractivity contribution in [2.24, 2.45) is 23.5 Å². The first kappa shape index (κ1) is 7.11. The van der Waals surface area contributed by atoms with Crippen LogP contribution in [0.3, 0.4) is 0 Å². The maximum absolute atomic E-state index is 5.70. The third-order valence-corrected chi connectivity index (χ3v) is 1.76. The van der Waals surface area contributed by atoms with Gasteiger partial charge in [0.15, 0.2) is 11.8 Å². The molecule has 1 unspecified atom stereocenters. The fourth-order valence-electron chi connectivity index (χ4n) is 1.17. The van der Waals surface area contributed by atoms with Gasteiger partial charge in [0.25, 0.3) is 0 Å². The van der Waals surface area contributed by atoms with Gasteiger partial charge in [-0.3, -0.25) is 0 Å². The number of guanidine groups is 1. The Balaban J connectivity index is 2.57. The van der Waals surface area contributed by atoms with Gasteiger partial charge < -0.3 is 21.4 Å².